The van der Waals surface area contributed by atoms with Crippen molar-refractivity contribution in [3.8, 4) is 0 Å². The predicted molar refractivity (Wildman–Crippen MR) is 180 cm³/mol. The highest BCUT2D eigenvalue weighted by Gasteiger charge is 2.55. The number of fused-ring (bicyclic) bond motifs is 10. The summed E-state index contributed by atoms with van der Waals surface area (Å²) in [5, 5.41) is 0. The minimum absolute atomic E-state index is 0.0186. The molecule has 4 heterocycles. The molecule has 6 aromatic carbocycles. The molecule has 0 aromatic heterocycles. The van der Waals surface area contributed by atoms with Gasteiger partial charge in [-0.1, -0.05) is 41.5 Å². The number of rotatable bonds is 1. The first-order chi connectivity index (χ1) is 24.0. The maximum absolute atomic E-state index is 16.0. The predicted octanol–water partition coefficient (Wildman–Crippen LogP) is 6.78. The van der Waals surface area contributed by atoms with Gasteiger partial charge in [0, 0.05) is 32.5 Å². The van der Waals surface area contributed by atoms with Crippen LogP contribution in [0.2, 0.25) is 0 Å². The Kier molecular flexibility index (Phi) is 5.93. The monoisotopic (exact) mass is 694 g/mol. The Morgan fingerprint density at radius 3 is 1.58 bits per heavy atom. The summed E-state index contributed by atoms with van der Waals surface area (Å²) in [6.45, 7) is -2.06. The van der Waals surface area contributed by atoms with Crippen LogP contribution in [0, 0.1) is 29.1 Å². The molecule has 0 fully saturated rings. The lowest BCUT2D eigenvalue weighted by atomic mass is 9.29. The average molecular weight is 694 g/mol. The Balaban J connectivity index is 1.47. The number of anilines is 6. The second-order valence-corrected chi connectivity index (χ2v) is 13.6. The SMILES string of the molecule is Fc1ccc2c(c1)B1c3ccccc3Sc3c1c1c4c(c3C(F)(F)F)N(c3c(F)cccc3F)c3ccc(F)cc3B4c3cc(F)ccc3N21. The maximum atomic E-state index is 16.0. The molecule has 4 aliphatic heterocycles. The lowest BCUT2D eigenvalue weighted by molar-refractivity contribution is -0.139. The molecule has 0 saturated carbocycles. The second kappa shape index (κ2) is 9.97. The molecule has 242 valence electrons. The quantitative estimate of drug-likeness (QED) is 0.138. The Labute approximate surface area is 284 Å². The molecule has 0 saturated heterocycles. The minimum atomic E-state index is -5.10. The zero-order valence-corrected chi connectivity index (χ0v) is 26.0. The molecule has 0 atom stereocenters. The first kappa shape index (κ1) is 29.7. The van der Waals surface area contributed by atoms with Gasteiger partial charge in [-0.25, -0.2) is 22.0 Å². The van der Waals surface area contributed by atoms with Gasteiger partial charge in [-0.2, -0.15) is 13.2 Å². The molecule has 0 bridgehead atoms. The molecule has 4 aliphatic rings. The molecular formula is C37H16B2F8N2S. The second-order valence-electron chi connectivity index (χ2n) is 12.6. The third kappa shape index (κ3) is 3.78. The molecule has 0 spiro atoms. The van der Waals surface area contributed by atoms with Crippen molar-refractivity contribution in [2.45, 2.75) is 16.0 Å². The third-order valence-corrected chi connectivity index (χ3v) is 11.2. The van der Waals surface area contributed by atoms with Gasteiger partial charge in [0.05, 0.1) is 11.3 Å². The van der Waals surface area contributed by atoms with Crippen molar-refractivity contribution in [2.75, 3.05) is 9.80 Å². The van der Waals surface area contributed by atoms with E-state index >= 15 is 35.1 Å². The van der Waals surface area contributed by atoms with Crippen LogP contribution in [-0.2, 0) is 6.18 Å². The Morgan fingerprint density at radius 2 is 1.02 bits per heavy atom. The van der Waals surface area contributed by atoms with E-state index in [2.05, 4.69) is 0 Å². The fraction of sp³-hybridized carbons (Fsp3) is 0.0270. The Morgan fingerprint density at radius 1 is 0.500 bits per heavy atom. The van der Waals surface area contributed by atoms with Crippen molar-refractivity contribution < 1.29 is 35.1 Å². The van der Waals surface area contributed by atoms with E-state index in [9.17, 15) is 0 Å². The summed E-state index contributed by atoms with van der Waals surface area (Å²) in [7, 11) is 0. The topological polar surface area (TPSA) is 6.48 Å². The zero-order valence-electron chi connectivity index (χ0n) is 25.2. The number of hydrogen-bond donors (Lipinski definition) is 0. The molecule has 0 aliphatic carbocycles. The first-order valence-electron chi connectivity index (χ1n) is 15.5. The van der Waals surface area contributed by atoms with Crippen molar-refractivity contribution >= 4 is 92.1 Å². The van der Waals surface area contributed by atoms with E-state index in [0.717, 1.165) is 47.0 Å². The number of hydrogen-bond acceptors (Lipinski definition) is 3. The summed E-state index contributed by atoms with van der Waals surface area (Å²) in [5.74, 6) is -4.31. The number of halogens is 8. The average Bonchev–Trinajstić information content (AvgIpc) is 3.07. The fourth-order valence-corrected chi connectivity index (χ4v) is 9.62. The lowest BCUT2D eigenvalue weighted by Gasteiger charge is -2.50. The molecule has 0 radical (unpaired) electrons. The zero-order chi connectivity index (χ0) is 34.4. The number of benzene rings is 6. The normalized spacial score (nSPS) is 14.6. The van der Waals surface area contributed by atoms with Gasteiger partial charge >= 0.3 is 6.18 Å². The molecule has 13 heteroatoms. The molecule has 0 unspecified atom stereocenters. The molecule has 0 amide bonds. The Bertz CT molecular complexity index is 2500. The van der Waals surface area contributed by atoms with Gasteiger partial charge in [-0.3, -0.25) is 0 Å². The van der Waals surface area contributed by atoms with Gasteiger partial charge < -0.3 is 9.80 Å². The van der Waals surface area contributed by atoms with Crippen LogP contribution in [0.5, 0.6) is 0 Å². The Hall–Kier alpha value is -5.16. The van der Waals surface area contributed by atoms with Crippen LogP contribution in [0.25, 0.3) is 0 Å². The van der Waals surface area contributed by atoms with Crippen molar-refractivity contribution in [1.29, 1.82) is 0 Å². The fourth-order valence-electron chi connectivity index (χ4n) is 8.31. The van der Waals surface area contributed by atoms with Gasteiger partial charge in [0.2, 0.25) is 6.71 Å². The van der Waals surface area contributed by atoms with Gasteiger partial charge in [0.25, 0.3) is 6.71 Å². The van der Waals surface area contributed by atoms with Crippen molar-refractivity contribution in [3.63, 3.8) is 0 Å². The summed E-state index contributed by atoms with van der Waals surface area (Å²) in [5.41, 5.74) is 0.127. The smallest absolute Gasteiger partial charge is 0.312 e. The maximum Gasteiger partial charge on any atom is 0.419 e. The van der Waals surface area contributed by atoms with Crippen LogP contribution in [-0.4, -0.2) is 13.4 Å². The summed E-state index contributed by atoms with van der Waals surface area (Å²) >= 11 is 0.881. The number of nitrogens with zero attached hydrogens (tertiary/aromatic N) is 2. The lowest BCUT2D eigenvalue weighted by Crippen LogP contribution is -2.68. The minimum Gasteiger partial charge on any atom is -0.312 e. The molecule has 6 aromatic rings. The van der Waals surface area contributed by atoms with Crippen LogP contribution in [0.1, 0.15) is 5.56 Å². The van der Waals surface area contributed by atoms with Crippen molar-refractivity contribution in [2.24, 2.45) is 0 Å². The molecular weight excluding hydrogens is 678 g/mol. The van der Waals surface area contributed by atoms with Crippen molar-refractivity contribution in [3.05, 3.63) is 132 Å². The van der Waals surface area contributed by atoms with Gasteiger partial charge in [0.1, 0.15) is 34.8 Å². The van der Waals surface area contributed by atoms with E-state index < -0.39 is 65.6 Å². The molecule has 2 nitrogen and oxygen atoms in total. The van der Waals surface area contributed by atoms with Crippen LogP contribution < -0.4 is 42.6 Å². The van der Waals surface area contributed by atoms with E-state index in [-0.39, 0.29) is 38.1 Å². The highest BCUT2D eigenvalue weighted by atomic mass is 32.2. The van der Waals surface area contributed by atoms with E-state index in [1.54, 1.807) is 29.2 Å². The molecule has 0 N–H and O–H groups in total. The summed E-state index contributed by atoms with van der Waals surface area (Å²) in [6.07, 6.45) is -5.10. The standard InChI is InChI=1S/C37H16B2F8N2S/c40-17-8-11-26-21(14-17)38-20-4-1-2-7-29(20)50-36-30(37(45,46)47)34-31-35(32(36)38)48(26)27-12-9-18(41)15-22(27)39(31)23-16-19(42)10-13-28(23)49(34)33-24(43)5-3-6-25(33)44/h1-16H. The number of alkyl halides is 3. The van der Waals surface area contributed by atoms with E-state index in [1.165, 1.54) is 42.5 Å². The van der Waals surface area contributed by atoms with Crippen LogP contribution >= 0.6 is 11.8 Å². The van der Waals surface area contributed by atoms with E-state index in [1.807, 2.05) is 0 Å². The van der Waals surface area contributed by atoms with E-state index in [4.69, 9.17) is 0 Å². The van der Waals surface area contributed by atoms with E-state index in [0.29, 0.717) is 27.2 Å². The first-order valence-corrected chi connectivity index (χ1v) is 16.3. The number of para-hydroxylation sites is 1. The van der Waals surface area contributed by atoms with Crippen LogP contribution in [0.4, 0.5) is 69.2 Å². The van der Waals surface area contributed by atoms with Crippen LogP contribution in [0.3, 0.4) is 0 Å². The summed E-state index contributed by atoms with van der Waals surface area (Å²) in [6, 6.07) is 21.2. The van der Waals surface area contributed by atoms with Crippen LogP contribution in [0.15, 0.2) is 107 Å². The van der Waals surface area contributed by atoms with Gasteiger partial charge in [-0.05, 0) is 100 Å². The highest BCUT2D eigenvalue weighted by Crippen LogP contribution is 2.54. The van der Waals surface area contributed by atoms with Gasteiger partial charge in [0.15, 0.2) is 0 Å². The summed E-state index contributed by atoms with van der Waals surface area (Å²) < 4.78 is 125. The highest BCUT2D eigenvalue weighted by molar-refractivity contribution is 8.00. The van der Waals surface area contributed by atoms with Gasteiger partial charge in [-0.15, -0.1) is 0 Å². The molecule has 50 heavy (non-hydrogen) atoms. The van der Waals surface area contributed by atoms with Crippen molar-refractivity contribution in [1.82, 2.24) is 0 Å². The summed E-state index contributed by atoms with van der Waals surface area (Å²) in [4.78, 5) is 2.88. The largest absolute Gasteiger partial charge is 0.419 e. The molecule has 10 rings (SSSR count). The third-order valence-electron chi connectivity index (χ3n) is 10.0.